The summed E-state index contributed by atoms with van der Waals surface area (Å²) in [7, 11) is -3.58. The molecule has 2 aromatic carbocycles. The number of hydrogen-bond acceptors (Lipinski definition) is 4. The quantitative estimate of drug-likeness (QED) is 0.758. The van der Waals surface area contributed by atoms with Gasteiger partial charge in [-0.25, -0.2) is 17.5 Å². The molecule has 0 spiro atoms. The molecule has 30 heavy (non-hydrogen) atoms. The van der Waals surface area contributed by atoms with Gasteiger partial charge in [0.25, 0.3) is 0 Å². The highest BCUT2D eigenvalue weighted by atomic mass is 32.2. The van der Waals surface area contributed by atoms with Crippen LogP contribution in [0.3, 0.4) is 0 Å². The normalized spacial score (nSPS) is 15.6. The molecule has 164 valence electrons. The Morgan fingerprint density at radius 1 is 0.867 bits per heavy atom. The zero-order chi connectivity index (χ0) is 22.1. The van der Waals surface area contributed by atoms with Crippen LogP contribution in [0, 0.1) is 40.4 Å². The van der Waals surface area contributed by atoms with Crippen LogP contribution in [0.15, 0.2) is 29.2 Å². The van der Waals surface area contributed by atoms with E-state index in [0.717, 1.165) is 54.0 Å². The highest BCUT2D eigenvalue weighted by Crippen LogP contribution is 2.29. The fraction of sp³-hybridized carbons (Fsp3) is 0.478. The van der Waals surface area contributed by atoms with Crippen LogP contribution < -0.4 is 9.62 Å². The van der Waals surface area contributed by atoms with E-state index >= 15 is 0 Å². The summed E-state index contributed by atoms with van der Waals surface area (Å²) in [4.78, 5) is 4.67. The number of para-hydroxylation sites is 1. The van der Waals surface area contributed by atoms with Crippen LogP contribution in [0.2, 0.25) is 0 Å². The SMILES string of the molecule is Cc1c(C)c(C)c(S(=O)(=O)NCCN2CCN(c3ccccc3F)CC2)c(C)c1C. The van der Waals surface area contributed by atoms with Crippen LogP contribution in [0.4, 0.5) is 10.1 Å². The van der Waals surface area contributed by atoms with Gasteiger partial charge < -0.3 is 4.90 Å². The number of nitrogens with zero attached hydrogens (tertiary/aromatic N) is 2. The van der Waals surface area contributed by atoms with E-state index in [0.29, 0.717) is 23.7 Å². The van der Waals surface area contributed by atoms with Crippen LogP contribution in [-0.2, 0) is 10.0 Å². The molecule has 2 aromatic rings. The number of hydrogen-bond donors (Lipinski definition) is 1. The van der Waals surface area contributed by atoms with Crippen LogP contribution in [0.1, 0.15) is 27.8 Å². The second-order valence-corrected chi connectivity index (χ2v) is 9.84. The van der Waals surface area contributed by atoms with E-state index in [4.69, 9.17) is 0 Å². The van der Waals surface area contributed by atoms with Gasteiger partial charge in [0.05, 0.1) is 10.6 Å². The molecule has 1 saturated heterocycles. The number of nitrogens with one attached hydrogen (secondary N) is 1. The van der Waals surface area contributed by atoms with E-state index < -0.39 is 10.0 Å². The third kappa shape index (κ3) is 4.53. The monoisotopic (exact) mass is 433 g/mol. The predicted molar refractivity (Wildman–Crippen MR) is 120 cm³/mol. The molecule has 1 fully saturated rings. The van der Waals surface area contributed by atoms with E-state index in [-0.39, 0.29) is 5.82 Å². The van der Waals surface area contributed by atoms with E-state index in [1.165, 1.54) is 6.07 Å². The summed E-state index contributed by atoms with van der Waals surface area (Å²) < 4.78 is 42.8. The average Bonchev–Trinajstić information content (AvgIpc) is 2.71. The number of rotatable bonds is 6. The van der Waals surface area contributed by atoms with Crippen molar-refractivity contribution >= 4 is 15.7 Å². The van der Waals surface area contributed by atoms with Crippen molar-refractivity contribution in [3.63, 3.8) is 0 Å². The first kappa shape index (κ1) is 22.7. The van der Waals surface area contributed by atoms with Gasteiger partial charge in [0, 0.05) is 39.3 Å². The standard InChI is InChI=1S/C23H32FN3O2S/c1-16-17(2)19(4)23(20(5)18(16)3)30(28,29)25-10-11-26-12-14-27(15-13-26)22-9-7-6-8-21(22)24/h6-9,25H,10-15H2,1-5H3. The summed E-state index contributed by atoms with van der Waals surface area (Å²) in [6.45, 7) is 13.7. The van der Waals surface area contributed by atoms with E-state index in [9.17, 15) is 12.8 Å². The molecule has 1 aliphatic heterocycles. The lowest BCUT2D eigenvalue weighted by molar-refractivity contribution is 0.261. The Morgan fingerprint density at radius 3 is 1.97 bits per heavy atom. The van der Waals surface area contributed by atoms with Gasteiger partial charge in [-0.15, -0.1) is 0 Å². The highest BCUT2D eigenvalue weighted by molar-refractivity contribution is 7.89. The summed E-state index contributed by atoms with van der Waals surface area (Å²) >= 11 is 0. The van der Waals surface area contributed by atoms with Crippen molar-refractivity contribution in [3.05, 3.63) is 57.9 Å². The lowest BCUT2D eigenvalue weighted by Gasteiger charge is -2.36. The topological polar surface area (TPSA) is 52.7 Å². The molecule has 0 radical (unpaired) electrons. The van der Waals surface area contributed by atoms with Gasteiger partial charge in [0.1, 0.15) is 5.82 Å². The molecule has 0 bridgehead atoms. The van der Waals surface area contributed by atoms with Crippen LogP contribution in [-0.4, -0.2) is 52.6 Å². The van der Waals surface area contributed by atoms with Gasteiger partial charge in [-0.05, 0) is 74.6 Å². The molecule has 0 saturated carbocycles. The van der Waals surface area contributed by atoms with Crippen molar-refractivity contribution in [2.24, 2.45) is 0 Å². The molecule has 3 rings (SSSR count). The second-order valence-electron chi connectivity index (χ2n) is 8.13. The van der Waals surface area contributed by atoms with E-state index in [2.05, 4.69) is 9.62 Å². The Balaban J connectivity index is 1.59. The lowest BCUT2D eigenvalue weighted by atomic mass is 9.95. The van der Waals surface area contributed by atoms with Gasteiger partial charge in [-0.2, -0.15) is 0 Å². The fourth-order valence-corrected chi connectivity index (χ4v) is 5.82. The predicted octanol–water partition coefficient (Wildman–Crippen LogP) is 3.47. The van der Waals surface area contributed by atoms with Gasteiger partial charge >= 0.3 is 0 Å². The van der Waals surface area contributed by atoms with Crippen molar-refractivity contribution < 1.29 is 12.8 Å². The summed E-state index contributed by atoms with van der Waals surface area (Å²) in [6.07, 6.45) is 0. The summed E-state index contributed by atoms with van der Waals surface area (Å²) in [5.74, 6) is -0.201. The molecule has 0 aromatic heterocycles. The summed E-state index contributed by atoms with van der Waals surface area (Å²) in [6, 6.07) is 6.82. The third-order valence-corrected chi connectivity index (χ3v) is 8.22. The van der Waals surface area contributed by atoms with Crippen molar-refractivity contribution in [2.75, 3.05) is 44.2 Å². The number of anilines is 1. The first-order chi connectivity index (χ1) is 14.1. The number of halogens is 1. The van der Waals surface area contributed by atoms with Crippen molar-refractivity contribution in [1.82, 2.24) is 9.62 Å². The van der Waals surface area contributed by atoms with Gasteiger partial charge in [0.2, 0.25) is 10.0 Å². The molecule has 0 unspecified atom stereocenters. The summed E-state index contributed by atoms with van der Waals surface area (Å²) in [5.41, 5.74) is 5.49. The first-order valence-corrected chi connectivity index (χ1v) is 11.9. The number of benzene rings is 2. The van der Waals surface area contributed by atoms with Gasteiger partial charge in [0.15, 0.2) is 0 Å². The maximum atomic E-state index is 14.0. The molecule has 0 atom stereocenters. The van der Waals surface area contributed by atoms with Crippen molar-refractivity contribution in [2.45, 2.75) is 39.5 Å². The molecular weight excluding hydrogens is 401 g/mol. The molecule has 5 nitrogen and oxygen atoms in total. The second kappa shape index (κ2) is 9.04. The molecule has 1 N–H and O–H groups in total. The Labute approximate surface area is 179 Å². The van der Waals surface area contributed by atoms with Crippen LogP contribution in [0.5, 0.6) is 0 Å². The van der Waals surface area contributed by atoms with Crippen molar-refractivity contribution in [3.8, 4) is 0 Å². The zero-order valence-corrected chi connectivity index (χ0v) is 19.4. The molecule has 7 heteroatoms. The third-order valence-electron chi connectivity index (χ3n) is 6.49. The van der Waals surface area contributed by atoms with Gasteiger partial charge in [-0.1, -0.05) is 12.1 Å². The number of sulfonamides is 1. The minimum absolute atomic E-state index is 0.201. The minimum Gasteiger partial charge on any atom is -0.367 e. The first-order valence-electron chi connectivity index (χ1n) is 10.4. The maximum absolute atomic E-state index is 14.0. The Kier molecular flexibility index (Phi) is 6.84. The molecular formula is C23H32FN3O2S. The van der Waals surface area contributed by atoms with Crippen LogP contribution in [0.25, 0.3) is 0 Å². The smallest absolute Gasteiger partial charge is 0.241 e. The summed E-state index contributed by atoms with van der Waals surface area (Å²) in [5, 5.41) is 0. The van der Waals surface area contributed by atoms with E-state index in [1.54, 1.807) is 12.1 Å². The molecule has 1 aliphatic rings. The number of piperazine rings is 1. The maximum Gasteiger partial charge on any atom is 0.241 e. The fourth-order valence-electron chi connectivity index (χ4n) is 4.20. The largest absolute Gasteiger partial charge is 0.367 e. The van der Waals surface area contributed by atoms with Crippen molar-refractivity contribution in [1.29, 1.82) is 0 Å². The minimum atomic E-state index is -3.58. The zero-order valence-electron chi connectivity index (χ0n) is 18.5. The molecule has 0 amide bonds. The highest BCUT2D eigenvalue weighted by Gasteiger charge is 2.24. The average molecular weight is 434 g/mol. The Hall–Kier alpha value is -1.96. The van der Waals surface area contributed by atoms with Crippen LogP contribution >= 0.6 is 0 Å². The Morgan fingerprint density at radius 2 is 1.40 bits per heavy atom. The lowest BCUT2D eigenvalue weighted by Crippen LogP contribution is -2.48. The Bertz CT molecular complexity index is 1000. The van der Waals surface area contributed by atoms with E-state index in [1.807, 2.05) is 45.6 Å². The molecule has 1 heterocycles. The molecule has 0 aliphatic carbocycles. The van der Waals surface area contributed by atoms with Gasteiger partial charge in [-0.3, -0.25) is 4.90 Å².